The summed E-state index contributed by atoms with van der Waals surface area (Å²) in [5.41, 5.74) is 0.675. The van der Waals surface area contributed by atoms with Gasteiger partial charge in [0.15, 0.2) is 0 Å². The van der Waals surface area contributed by atoms with Crippen molar-refractivity contribution in [3.63, 3.8) is 0 Å². The normalized spacial score (nSPS) is 16.4. The van der Waals surface area contributed by atoms with Crippen molar-refractivity contribution in [2.75, 3.05) is 7.05 Å². The van der Waals surface area contributed by atoms with E-state index < -0.39 is 0 Å². The summed E-state index contributed by atoms with van der Waals surface area (Å²) in [6, 6.07) is 0. The van der Waals surface area contributed by atoms with Crippen LogP contribution in [0, 0.1) is 0 Å². The van der Waals surface area contributed by atoms with Crippen LogP contribution in [0.15, 0.2) is 11.6 Å². The van der Waals surface area contributed by atoms with E-state index in [4.69, 9.17) is 0 Å². The number of carbonyl (C=O) groups excluding carboxylic acids is 2. The highest BCUT2D eigenvalue weighted by atomic mass is 16.2. The molecule has 14 heavy (non-hydrogen) atoms. The Bertz CT molecular complexity index is 268. The van der Waals surface area contributed by atoms with Crippen LogP contribution in [0.4, 0.5) is 0 Å². The van der Waals surface area contributed by atoms with Gasteiger partial charge >= 0.3 is 0 Å². The van der Waals surface area contributed by atoms with Gasteiger partial charge in [0, 0.05) is 18.7 Å². The molecule has 0 unspecified atom stereocenters. The van der Waals surface area contributed by atoms with Gasteiger partial charge in [-0.3, -0.25) is 14.5 Å². The lowest BCUT2D eigenvalue weighted by molar-refractivity contribution is -0.135. The van der Waals surface area contributed by atoms with Crippen molar-refractivity contribution >= 4 is 11.8 Å². The van der Waals surface area contributed by atoms with Crippen molar-refractivity contribution in [2.24, 2.45) is 0 Å². The van der Waals surface area contributed by atoms with E-state index in [9.17, 15) is 9.59 Å². The molecule has 3 heteroatoms. The van der Waals surface area contributed by atoms with Crippen LogP contribution in [0.25, 0.3) is 0 Å². The van der Waals surface area contributed by atoms with E-state index in [1.165, 1.54) is 30.9 Å². The number of likely N-dealkylation sites (N-methyl/N-ethyl adjacent to an activating group) is 1. The fourth-order valence-corrected chi connectivity index (χ4v) is 1.54. The summed E-state index contributed by atoms with van der Waals surface area (Å²) >= 11 is 0. The molecular weight excluding hydrogens is 178 g/mol. The van der Waals surface area contributed by atoms with E-state index in [1.54, 1.807) is 0 Å². The van der Waals surface area contributed by atoms with Crippen molar-refractivity contribution in [3.8, 4) is 0 Å². The maximum atomic E-state index is 11.4. The lowest BCUT2D eigenvalue weighted by Crippen LogP contribution is -2.26. The highest BCUT2D eigenvalue weighted by Crippen LogP contribution is 2.17. The molecule has 1 rings (SSSR count). The Morgan fingerprint density at radius 3 is 2.43 bits per heavy atom. The number of hydrogen-bond donors (Lipinski definition) is 0. The smallest absolute Gasteiger partial charge is 0.256 e. The van der Waals surface area contributed by atoms with Gasteiger partial charge in [-0.05, 0) is 12.8 Å². The summed E-state index contributed by atoms with van der Waals surface area (Å²) in [6.07, 6.45) is 6.74. The molecule has 0 bridgehead atoms. The molecule has 0 fully saturated rings. The second kappa shape index (κ2) is 4.94. The van der Waals surface area contributed by atoms with Gasteiger partial charge in [-0.15, -0.1) is 0 Å². The first-order chi connectivity index (χ1) is 6.66. The summed E-state index contributed by atoms with van der Waals surface area (Å²) in [5.74, 6) is -0.299. The third-order valence-electron chi connectivity index (χ3n) is 2.51. The van der Waals surface area contributed by atoms with Crippen LogP contribution in [-0.4, -0.2) is 23.8 Å². The van der Waals surface area contributed by atoms with Crippen molar-refractivity contribution < 1.29 is 9.59 Å². The fraction of sp³-hybridized carbons (Fsp3) is 0.636. The maximum Gasteiger partial charge on any atom is 0.256 e. The SMILES string of the molecule is CCCCCCC1=CC(=O)N(C)C1=O. The second-order valence-corrected chi connectivity index (χ2v) is 3.68. The molecule has 1 heterocycles. The molecule has 3 nitrogen and oxygen atoms in total. The molecule has 1 aliphatic rings. The van der Waals surface area contributed by atoms with Gasteiger partial charge < -0.3 is 0 Å². The fourth-order valence-electron chi connectivity index (χ4n) is 1.54. The van der Waals surface area contributed by atoms with Gasteiger partial charge in [0.2, 0.25) is 0 Å². The number of amides is 2. The highest BCUT2D eigenvalue weighted by molar-refractivity contribution is 6.15. The minimum absolute atomic E-state index is 0.119. The van der Waals surface area contributed by atoms with Gasteiger partial charge in [0.05, 0.1) is 0 Å². The quantitative estimate of drug-likeness (QED) is 0.496. The van der Waals surface area contributed by atoms with Crippen LogP contribution in [0.1, 0.15) is 39.0 Å². The molecule has 0 saturated heterocycles. The van der Waals surface area contributed by atoms with Crippen molar-refractivity contribution in [1.82, 2.24) is 4.90 Å². The lowest BCUT2D eigenvalue weighted by atomic mass is 10.1. The standard InChI is InChI=1S/C11H17NO2/c1-3-4-5-6-7-9-8-10(13)12(2)11(9)14/h8H,3-7H2,1-2H3. The Morgan fingerprint density at radius 2 is 1.93 bits per heavy atom. The summed E-state index contributed by atoms with van der Waals surface area (Å²) in [4.78, 5) is 23.7. The molecule has 0 aromatic heterocycles. The van der Waals surface area contributed by atoms with Crippen LogP contribution in [0.2, 0.25) is 0 Å². The molecule has 0 radical (unpaired) electrons. The van der Waals surface area contributed by atoms with Crippen LogP contribution in [0.5, 0.6) is 0 Å². The van der Waals surface area contributed by atoms with Crippen LogP contribution < -0.4 is 0 Å². The molecule has 0 aliphatic carbocycles. The highest BCUT2D eigenvalue weighted by Gasteiger charge is 2.26. The summed E-state index contributed by atoms with van der Waals surface area (Å²) in [7, 11) is 1.53. The van der Waals surface area contributed by atoms with Gasteiger partial charge in [0.1, 0.15) is 0 Å². The topological polar surface area (TPSA) is 37.4 Å². The summed E-state index contributed by atoms with van der Waals surface area (Å²) < 4.78 is 0. The van der Waals surface area contributed by atoms with Crippen LogP contribution in [0.3, 0.4) is 0 Å². The van der Waals surface area contributed by atoms with Crippen LogP contribution in [-0.2, 0) is 9.59 Å². The minimum Gasteiger partial charge on any atom is -0.278 e. The first-order valence-electron chi connectivity index (χ1n) is 5.19. The third-order valence-corrected chi connectivity index (χ3v) is 2.51. The zero-order valence-electron chi connectivity index (χ0n) is 8.88. The molecular formula is C11H17NO2. The van der Waals surface area contributed by atoms with Gasteiger partial charge in [0.25, 0.3) is 11.8 Å². The average molecular weight is 195 g/mol. The minimum atomic E-state index is -0.180. The largest absolute Gasteiger partial charge is 0.278 e. The lowest BCUT2D eigenvalue weighted by Gasteiger charge is -2.06. The van der Waals surface area contributed by atoms with E-state index in [1.807, 2.05) is 0 Å². The van der Waals surface area contributed by atoms with Crippen LogP contribution >= 0.6 is 0 Å². The van der Waals surface area contributed by atoms with Gasteiger partial charge in [-0.2, -0.15) is 0 Å². The number of hydrogen-bond acceptors (Lipinski definition) is 2. The summed E-state index contributed by atoms with van der Waals surface area (Å²) in [5, 5.41) is 0. The molecule has 0 atom stereocenters. The second-order valence-electron chi connectivity index (χ2n) is 3.68. The van der Waals surface area contributed by atoms with Gasteiger partial charge in [-0.1, -0.05) is 26.2 Å². The zero-order chi connectivity index (χ0) is 10.6. The van der Waals surface area contributed by atoms with E-state index >= 15 is 0 Å². The predicted molar refractivity (Wildman–Crippen MR) is 54.6 cm³/mol. The van der Waals surface area contributed by atoms with E-state index in [2.05, 4.69) is 6.92 Å². The van der Waals surface area contributed by atoms with E-state index in [0.29, 0.717) is 5.57 Å². The van der Waals surface area contributed by atoms with Crippen molar-refractivity contribution in [1.29, 1.82) is 0 Å². The maximum absolute atomic E-state index is 11.4. The Kier molecular flexibility index (Phi) is 3.86. The Hall–Kier alpha value is -1.12. The molecule has 1 aliphatic heterocycles. The Labute approximate surface area is 84.8 Å². The molecule has 0 spiro atoms. The zero-order valence-corrected chi connectivity index (χ0v) is 8.88. The number of imide groups is 1. The number of rotatable bonds is 5. The number of nitrogens with zero attached hydrogens (tertiary/aromatic N) is 1. The molecule has 2 amide bonds. The summed E-state index contributed by atoms with van der Waals surface area (Å²) in [6.45, 7) is 2.15. The molecule has 78 valence electrons. The monoisotopic (exact) mass is 195 g/mol. The third kappa shape index (κ3) is 2.44. The van der Waals surface area contributed by atoms with E-state index in [-0.39, 0.29) is 11.8 Å². The molecule has 0 N–H and O–H groups in total. The first-order valence-corrected chi connectivity index (χ1v) is 5.19. The number of unbranched alkanes of at least 4 members (excludes halogenated alkanes) is 3. The Balaban J connectivity index is 2.35. The van der Waals surface area contributed by atoms with E-state index in [0.717, 1.165) is 19.3 Å². The van der Waals surface area contributed by atoms with Gasteiger partial charge in [-0.25, -0.2) is 0 Å². The van der Waals surface area contributed by atoms with Crippen molar-refractivity contribution in [3.05, 3.63) is 11.6 Å². The predicted octanol–water partition coefficient (Wildman–Crippen LogP) is 1.88. The Morgan fingerprint density at radius 1 is 1.21 bits per heavy atom. The average Bonchev–Trinajstić information content (AvgIpc) is 2.41. The molecule has 0 aromatic rings. The molecule has 0 aromatic carbocycles. The molecule has 0 saturated carbocycles. The first kappa shape index (κ1) is 11.0. The van der Waals surface area contributed by atoms with Crippen molar-refractivity contribution in [2.45, 2.75) is 39.0 Å². The number of carbonyl (C=O) groups is 2.